The summed E-state index contributed by atoms with van der Waals surface area (Å²) in [5, 5.41) is 28.7. The number of carbonyl (C=O) groups excluding carboxylic acids is 4. The molecule has 2 N–H and O–H groups in total. The molecule has 1 aromatic carbocycles. The highest BCUT2D eigenvalue weighted by Gasteiger charge is 2.44. The van der Waals surface area contributed by atoms with Crippen molar-refractivity contribution < 1.29 is 23.9 Å². The summed E-state index contributed by atoms with van der Waals surface area (Å²) in [5.41, 5.74) is 5.97. The molecule has 0 aliphatic carbocycles. The lowest BCUT2D eigenvalue weighted by Gasteiger charge is -2.37. The van der Waals surface area contributed by atoms with Gasteiger partial charge in [-0.25, -0.2) is 9.20 Å². The minimum atomic E-state index is -0.993. The molecule has 0 saturated carbocycles. The second kappa shape index (κ2) is 16.9. The van der Waals surface area contributed by atoms with Crippen LogP contribution >= 0.6 is 0 Å². The summed E-state index contributed by atoms with van der Waals surface area (Å²) in [4.78, 5) is 60.9. The number of imide groups is 2. The van der Waals surface area contributed by atoms with Gasteiger partial charge in [-0.2, -0.15) is 10.4 Å². The lowest BCUT2D eigenvalue weighted by Crippen LogP contribution is -2.54. The summed E-state index contributed by atoms with van der Waals surface area (Å²) in [6, 6.07) is 14.2. The quantitative estimate of drug-likeness (QED) is 0.170. The normalized spacial score (nSPS) is 19.4. The van der Waals surface area contributed by atoms with Gasteiger partial charge in [0.2, 0.25) is 11.8 Å². The van der Waals surface area contributed by atoms with E-state index in [1.54, 1.807) is 28.9 Å². The van der Waals surface area contributed by atoms with Gasteiger partial charge < -0.3 is 15.0 Å². The van der Waals surface area contributed by atoms with Gasteiger partial charge in [0.25, 0.3) is 11.8 Å². The zero-order valence-corrected chi connectivity index (χ0v) is 34.3. The minimum absolute atomic E-state index is 0.0799. The van der Waals surface area contributed by atoms with Crippen LogP contribution in [0.15, 0.2) is 61.1 Å². The Balaban J connectivity index is 0.733. The van der Waals surface area contributed by atoms with E-state index < -0.39 is 29.7 Å². The highest BCUT2D eigenvalue weighted by atomic mass is 16.5. The summed E-state index contributed by atoms with van der Waals surface area (Å²) in [5.74, 6) is -0.953. The third-order valence-electron chi connectivity index (χ3n) is 12.3. The average molecular weight is 825 g/mol. The molecule has 1 atom stereocenters. The summed E-state index contributed by atoms with van der Waals surface area (Å²) in [7, 11) is 0. The highest BCUT2D eigenvalue weighted by Crippen LogP contribution is 2.34. The number of pyridine rings is 1. The molecule has 0 spiro atoms. The van der Waals surface area contributed by atoms with Crippen LogP contribution in [0.1, 0.15) is 84.7 Å². The van der Waals surface area contributed by atoms with Crippen molar-refractivity contribution in [2.24, 2.45) is 5.92 Å². The average Bonchev–Trinajstić information content (AvgIpc) is 3.98. The molecule has 3 saturated heterocycles. The van der Waals surface area contributed by atoms with Crippen LogP contribution in [0.3, 0.4) is 0 Å². The minimum Gasteiger partial charge on any atom is -0.492 e. The van der Waals surface area contributed by atoms with Gasteiger partial charge in [-0.3, -0.25) is 39.3 Å². The van der Waals surface area contributed by atoms with E-state index in [0.717, 1.165) is 104 Å². The number of piperidine rings is 3. The van der Waals surface area contributed by atoms with E-state index in [4.69, 9.17) is 9.72 Å². The number of carbonyl (C=O) groups is 4. The maximum absolute atomic E-state index is 13.2. The van der Waals surface area contributed by atoms with E-state index in [-0.39, 0.29) is 36.1 Å². The van der Waals surface area contributed by atoms with Crippen LogP contribution in [0.4, 0.5) is 5.69 Å². The summed E-state index contributed by atoms with van der Waals surface area (Å²) in [6.45, 7) is 10.5. The number of nitriles is 1. The number of nitrogens with one attached hydrogen (secondary N) is 2. The Morgan fingerprint density at radius 3 is 2.44 bits per heavy atom. The predicted molar refractivity (Wildman–Crippen MR) is 223 cm³/mol. The first-order chi connectivity index (χ1) is 29.6. The topological polar surface area (TPSA) is 196 Å². The molecule has 4 amide bonds. The summed E-state index contributed by atoms with van der Waals surface area (Å²) in [6.07, 6.45) is 9.91. The molecular formula is C44H48N12O5. The van der Waals surface area contributed by atoms with Gasteiger partial charge in [0.05, 0.1) is 52.0 Å². The number of fused-ring (bicyclic) bond motifs is 2. The largest absolute Gasteiger partial charge is 0.492 e. The van der Waals surface area contributed by atoms with Crippen LogP contribution in [0.25, 0.3) is 28.2 Å². The first-order valence-electron chi connectivity index (χ1n) is 21.1. The van der Waals surface area contributed by atoms with Crippen molar-refractivity contribution in [2.45, 2.75) is 70.5 Å². The van der Waals surface area contributed by atoms with E-state index in [1.165, 1.54) is 0 Å². The van der Waals surface area contributed by atoms with Crippen LogP contribution in [0, 0.1) is 17.2 Å². The number of nitrogens with zero attached hydrogens (tertiary/aromatic N) is 10. The molecule has 9 rings (SSSR count). The zero-order chi connectivity index (χ0) is 42.2. The van der Waals surface area contributed by atoms with Gasteiger partial charge >= 0.3 is 0 Å². The van der Waals surface area contributed by atoms with Crippen LogP contribution in [-0.2, 0) is 9.59 Å². The van der Waals surface area contributed by atoms with Gasteiger partial charge in [0, 0.05) is 56.1 Å². The first-order valence-corrected chi connectivity index (χ1v) is 21.1. The van der Waals surface area contributed by atoms with Crippen molar-refractivity contribution in [3.05, 3.63) is 77.7 Å². The maximum Gasteiger partial charge on any atom is 0.262 e. The smallest absolute Gasteiger partial charge is 0.262 e. The summed E-state index contributed by atoms with van der Waals surface area (Å²) >= 11 is 0. The molecule has 17 heteroatoms. The second-order valence-electron chi connectivity index (χ2n) is 16.7. The van der Waals surface area contributed by atoms with Crippen LogP contribution in [0.2, 0.25) is 0 Å². The molecule has 0 bridgehead atoms. The molecule has 61 heavy (non-hydrogen) atoms. The first kappa shape index (κ1) is 39.9. The summed E-state index contributed by atoms with van der Waals surface area (Å²) < 4.78 is 9.85. The third-order valence-corrected chi connectivity index (χ3v) is 12.3. The fraction of sp³-hybridized carbons (Fsp3) is 0.432. The SMILES string of the molecule is CC(C)Nc1cc(-c2ccc3cc(C#N)cnn23)ncc1-c1cn(C2CCN(CC3CCN(CCOc4ccc5c(c4)C(=O)N(C4CCC(=O)NC4=O)C5=O)CC3)CC2)nn1. The van der Waals surface area contributed by atoms with E-state index in [2.05, 4.69) is 55.8 Å². The zero-order valence-electron chi connectivity index (χ0n) is 34.3. The van der Waals surface area contributed by atoms with Crippen molar-refractivity contribution in [1.82, 2.24) is 49.6 Å². The van der Waals surface area contributed by atoms with Crippen LogP contribution in [0.5, 0.6) is 5.75 Å². The molecule has 4 aliphatic rings. The predicted octanol–water partition coefficient (Wildman–Crippen LogP) is 4.18. The Kier molecular flexibility index (Phi) is 11.0. The van der Waals surface area contributed by atoms with Gasteiger partial charge in [-0.05, 0) is 107 Å². The number of amides is 4. The Morgan fingerprint density at radius 1 is 0.885 bits per heavy atom. The fourth-order valence-electron chi connectivity index (χ4n) is 9.02. The molecule has 314 valence electrons. The molecule has 5 aromatic rings. The Labute approximate surface area is 352 Å². The Hall–Kier alpha value is -6.51. The molecule has 8 heterocycles. The molecule has 3 fully saturated rings. The van der Waals surface area contributed by atoms with Crippen molar-refractivity contribution in [3.63, 3.8) is 0 Å². The number of benzene rings is 1. The number of aromatic nitrogens is 6. The number of hydrogen-bond acceptors (Lipinski definition) is 13. The maximum atomic E-state index is 13.2. The number of ether oxygens (including phenoxy) is 1. The van der Waals surface area contributed by atoms with Gasteiger partial charge in [0.1, 0.15) is 30.2 Å². The third kappa shape index (κ3) is 8.20. The van der Waals surface area contributed by atoms with Gasteiger partial charge in [-0.15, -0.1) is 5.10 Å². The molecule has 4 aromatic heterocycles. The fourth-order valence-corrected chi connectivity index (χ4v) is 9.02. The number of hydrogen-bond donors (Lipinski definition) is 2. The van der Waals surface area contributed by atoms with E-state index in [1.807, 2.05) is 41.3 Å². The molecule has 17 nitrogen and oxygen atoms in total. The number of rotatable bonds is 12. The van der Waals surface area contributed by atoms with Gasteiger partial charge in [-0.1, -0.05) is 5.21 Å². The Morgan fingerprint density at radius 2 is 1.67 bits per heavy atom. The van der Waals surface area contributed by atoms with E-state index in [9.17, 15) is 24.4 Å². The highest BCUT2D eigenvalue weighted by molar-refractivity contribution is 6.23. The van der Waals surface area contributed by atoms with Crippen molar-refractivity contribution in [3.8, 4) is 34.5 Å². The molecule has 4 aliphatic heterocycles. The standard InChI is InChI=1S/C44H48N12O5/c1-27(2)48-36-21-37(39-6-3-31-19-29(22-45)23-47-56(31)39)46-24-35(36)38-26-54(51-50-38)30-11-15-53(16-12-30)25-28-9-13-52(14-10-28)17-18-61-32-4-5-33-34(20-32)44(60)55(43(33)59)40-7-8-41(57)49-42(40)58/h3-6,19-21,23-24,26-28,30,40H,7-18,25H2,1-2H3,(H,46,48)(H,49,57,58). The number of likely N-dealkylation sites (tertiary alicyclic amines) is 2. The molecule has 1 unspecified atom stereocenters. The lowest BCUT2D eigenvalue weighted by molar-refractivity contribution is -0.136. The molecule has 0 radical (unpaired) electrons. The molecular weight excluding hydrogens is 777 g/mol. The van der Waals surface area contributed by atoms with E-state index in [0.29, 0.717) is 23.8 Å². The van der Waals surface area contributed by atoms with Gasteiger partial charge in [0.15, 0.2) is 0 Å². The van der Waals surface area contributed by atoms with Crippen molar-refractivity contribution in [2.75, 3.05) is 51.2 Å². The number of anilines is 1. The van der Waals surface area contributed by atoms with Crippen LogP contribution in [-0.4, -0.2) is 126 Å². The van der Waals surface area contributed by atoms with E-state index >= 15 is 0 Å². The van der Waals surface area contributed by atoms with Crippen molar-refractivity contribution in [1.29, 1.82) is 5.26 Å². The van der Waals surface area contributed by atoms with Crippen LogP contribution < -0.4 is 15.4 Å². The monoisotopic (exact) mass is 824 g/mol. The Bertz CT molecular complexity index is 2540. The lowest BCUT2D eigenvalue weighted by atomic mass is 9.94. The second-order valence-corrected chi connectivity index (χ2v) is 16.7. The van der Waals surface area contributed by atoms with Crippen molar-refractivity contribution >= 4 is 34.8 Å².